The lowest BCUT2D eigenvalue weighted by molar-refractivity contribution is -0.149. The minimum atomic E-state index is -0.465. The molecule has 0 aliphatic heterocycles. The van der Waals surface area contributed by atoms with E-state index in [4.69, 9.17) is 4.74 Å². The van der Waals surface area contributed by atoms with E-state index in [-0.39, 0.29) is 25.0 Å². The largest absolute Gasteiger partial charge is 0.456 e. The molecule has 0 heterocycles. The van der Waals surface area contributed by atoms with Crippen molar-refractivity contribution in [3.8, 4) is 0 Å². The van der Waals surface area contributed by atoms with Gasteiger partial charge in [-0.15, -0.1) is 0 Å². The standard InChI is InChI=1S/C21H28N2O4/c1-13-4-3-5-18(14(13)2)23-19(24)11-22-20(25)12-27-21(26)10-17-9-15-6-7-16(17)8-15/h3-5,15-17H,6-12H2,1-2H3,(H,22,25)(H,23,24)/t15-,16-,17+/m1/s1. The molecule has 2 bridgehead atoms. The van der Waals surface area contributed by atoms with Crippen LogP contribution in [0.1, 0.15) is 43.2 Å². The number of esters is 1. The van der Waals surface area contributed by atoms with Gasteiger partial charge >= 0.3 is 5.97 Å². The Balaban J connectivity index is 1.33. The molecule has 2 fully saturated rings. The summed E-state index contributed by atoms with van der Waals surface area (Å²) in [4.78, 5) is 35.8. The maximum Gasteiger partial charge on any atom is 0.306 e. The zero-order valence-corrected chi connectivity index (χ0v) is 16.0. The Hall–Kier alpha value is -2.37. The number of hydrogen-bond acceptors (Lipinski definition) is 4. The third kappa shape index (κ3) is 5.08. The van der Waals surface area contributed by atoms with Crippen molar-refractivity contribution in [1.82, 2.24) is 5.32 Å². The molecule has 3 rings (SSSR count). The summed E-state index contributed by atoms with van der Waals surface area (Å²) in [5.74, 6) is 0.764. The SMILES string of the molecule is Cc1cccc(NC(=O)CNC(=O)COC(=O)C[C@@H]2C[C@@H]3CC[C@@H]2C3)c1C. The van der Waals surface area contributed by atoms with Crippen LogP contribution in [0.5, 0.6) is 0 Å². The van der Waals surface area contributed by atoms with Gasteiger partial charge in [0.1, 0.15) is 0 Å². The first kappa shape index (κ1) is 19.4. The van der Waals surface area contributed by atoms with E-state index in [9.17, 15) is 14.4 Å². The Labute approximate surface area is 160 Å². The lowest BCUT2D eigenvalue weighted by Crippen LogP contribution is -2.35. The van der Waals surface area contributed by atoms with E-state index in [1.807, 2.05) is 32.0 Å². The zero-order valence-electron chi connectivity index (χ0n) is 16.0. The van der Waals surface area contributed by atoms with Crippen LogP contribution in [-0.4, -0.2) is 30.9 Å². The van der Waals surface area contributed by atoms with Crippen molar-refractivity contribution in [3.05, 3.63) is 29.3 Å². The van der Waals surface area contributed by atoms with Crippen LogP contribution in [0.25, 0.3) is 0 Å². The third-order valence-corrected chi connectivity index (χ3v) is 6.00. The molecule has 2 amide bonds. The molecule has 0 unspecified atom stereocenters. The summed E-state index contributed by atoms with van der Waals surface area (Å²) in [6, 6.07) is 5.66. The van der Waals surface area contributed by atoms with Crippen LogP contribution >= 0.6 is 0 Å². The molecule has 0 radical (unpaired) electrons. The van der Waals surface area contributed by atoms with Crippen molar-refractivity contribution in [2.75, 3.05) is 18.5 Å². The summed E-state index contributed by atoms with van der Waals surface area (Å²) >= 11 is 0. The topological polar surface area (TPSA) is 84.5 Å². The summed E-state index contributed by atoms with van der Waals surface area (Å²) in [6.07, 6.45) is 5.28. The van der Waals surface area contributed by atoms with Crippen molar-refractivity contribution in [3.63, 3.8) is 0 Å². The average molecular weight is 372 g/mol. The molecule has 0 aromatic heterocycles. The van der Waals surface area contributed by atoms with Crippen LogP contribution in [-0.2, 0) is 19.1 Å². The summed E-state index contributed by atoms with van der Waals surface area (Å²) in [5, 5.41) is 5.26. The van der Waals surface area contributed by atoms with Crippen molar-refractivity contribution in [2.24, 2.45) is 17.8 Å². The quantitative estimate of drug-likeness (QED) is 0.721. The van der Waals surface area contributed by atoms with Gasteiger partial charge < -0.3 is 15.4 Å². The predicted octanol–water partition coefficient (Wildman–Crippen LogP) is 2.73. The second kappa shape index (κ2) is 8.55. The first-order valence-electron chi connectivity index (χ1n) is 9.70. The number of fused-ring (bicyclic) bond motifs is 2. The summed E-state index contributed by atoms with van der Waals surface area (Å²) in [7, 11) is 0. The number of carbonyl (C=O) groups excluding carboxylic acids is 3. The molecule has 0 saturated heterocycles. The number of amides is 2. The van der Waals surface area contributed by atoms with Gasteiger partial charge in [-0.25, -0.2) is 0 Å². The summed E-state index contributed by atoms with van der Waals surface area (Å²) in [5.41, 5.74) is 2.80. The fourth-order valence-corrected chi connectivity index (χ4v) is 4.36. The van der Waals surface area contributed by atoms with Crippen molar-refractivity contribution < 1.29 is 19.1 Å². The molecule has 2 saturated carbocycles. The summed E-state index contributed by atoms with van der Waals surface area (Å²) in [6.45, 7) is 3.41. The van der Waals surface area contributed by atoms with E-state index in [0.29, 0.717) is 18.3 Å². The Morgan fingerprint density at radius 3 is 2.63 bits per heavy atom. The molecule has 6 heteroatoms. The van der Waals surface area contributed by atoms with E-state index in [0.717, 1.165) is 29.2 Å². The fraction of sp³-hybridized carbons (Fsp3) is 0.571. The third-order valence-electron chi connectivity index (χ3n) is 6.00. The van der Waals surface area contributed by atoms with Gasteiger partial charge in [-0.1, -0.05) is 18.6 Å². The molecule has 6 nitrogen and oxygen atoms in total. The van der Waals surface area contributed by atoms with Gasteiger partial charge in [0.05, 0.1) is 6.54 Å². The molecule has 1 aromatic rings. The number of rotatable bonds is 7. The second-order valence-corrected chi connectivity index (χ2v) is 7.87. The van der Waals surface area contributed by atoms with Gasteiger partial charge in [-0.3, -0.25) is 14.4 Å². The number of hydrogen-bond donors (Lipinski definition) is 2. The lowest BCUT2D eigenvalue weighted by Gasteiger charge is -2.20. The van der Waals surface area contributed by atoms with Crippen LogP contribution in [0.2, 0.25) is 0 Å². The molecule has 2 aliphatic carbocycles. The average Bonchev–Trinajstić information content (AvgIpc) is 3.25. The minimum Gasteiger partial charge on any atom is -0.456 e. The van der Waals surface area contributed by atoms with E-state index in [1.165, 1.54) is 19.3 Å². The van der Waals surface area contributed by atoms with Gasteiger partial charge in [0.25, 0.3) is 5.91 Å². The molecule has 146 valence electrons. The molecule has 2 aliphatic rings. The Kier molecular flexibility index (Phi) is 6.14. The molecular weight excluding hydrogens is 344 g/mol. The monoisotopic (exact) mass is 372 g/mol. The van der Waals surface area contributed by atoms with Crippen molar-refractivity contribution in [2.45, 2.75) is 46.0 Å². The highest BCUT2D eigenvalue weighted by Gasteiger charge is 2.40. The van der Waals surface area contributed by atoms with Crippen LogP contribution in [0.4, 0.5) is 5.69 Å². The number of anilines is 1. The Morgan fingerprint density at radius 2 is 1.93 bits per heavy atom. The van der Waals surface area contributed by atoms with E-state index in [1.54, 1.807) is 0 Å². The minimum absolute atomic E-state index is 0.157. The summed E-state index contributed by atoms with van der Waals surface area (Å²) < 4.78 is 5.08. The highest BCUT2D eigenvalue weighted by Crippen LogP contribution is 2.49. The lowest BCUT2D eigenvalue weighted by atomic mass is 9.86. The van der Waals surface area contributed by atoms with Gasteiger partial charge in [0.15, 0.2) is 6.61 Å². The van der Waals surface area contributed by atoms with Gasteiger partial charge in [-0.2, -0.15) is 0 Å². The maximum atomic E-state index is 12.0. The predicted molar refractivity (Wildman–Crippen MR) is 102 cm³/mol. The van der Waals surface area contributed by atoms with E-state index in [2.05, 4.69) is 10.6 Å². The highest BCUT2D eigenvalue weighted by molar-refractivity contribution is 5.95. The number of aryl methyl sites for hydroxylation is 1. The van der Waals surface area contributed by atoms with Crippen molar-refractivity contribution in [1.29, 1.82) is 0 Å². The zero-order chi connectivity index (χ0) is 19.4. The number of nitrogens with one attached hydrogen (secondary N) is 2. The van der Waals surface area contributed by atoms with Gasteiger partial charge in [0.2, 0.25) is 5.91 Å². The van der Waals surface area contributed by atoms with Gasteiger partial charge in [0, 0.05) is 12.1 Å². The Morgan fingerprint density at radius 1 is 1.11 bits per heavy atom. The van der Waals surface area contributed by atoms with E-state index >= 15 is 0 Å². The first-order valence-corrected chi connectivity index (χ1v) is 9.70. The molecule has 2 N–H and O–H groups in total. The van der Waals surface area contributed by atoms with Crippen LogP contribution in [0.3, 0.4) is 0 Å². The van der Waals surface area contributed by atoms with Crippen LogP contribution in [0.15, 0.2) is 18.2 Å². The second-order valence-electron chi connectivity index (χ2n) is 7.87. The Bertz CT molecular complexity index is 731. The number of ether oxygens (including phenoxy) is 1. The maximum absolute atomic E-state index is 12.0. The first-order chi connectivity index (χ1) is 12.9. The normalized spacial score (nSPS) is 23.1. The molecule has 27 heavy (non-hydrogen) atoms. The van der Waals surface area contributed by atoms with E-state index < -0.39 is 5.91 Å². The molecule has 3 atom stereocenters. The molecule has 1 aromatic carbocycles. The molecule has 0 spiro atoms. The van der Waals surface area contributed by atoms with Crippen LogP contribution < -0.4 is 10.6 Å². The fourth-order valence-electron chi connectivity index (χ4n) is 4.36. The number of benzene rings is 1. The van der Waals surface area contributed by atoms with Crippen molar-refractivity contribution >= 4 is 23.5 Å². The van der Waals surface area contributed by atoms with Crippen LogP contribution in [0, 0.1) is 31.6 Å². The highest BCUT2D eigenvalue weighted by atomic mass is 16.5. The molecular formula is C21H28N2O4. The van der Waals surface area contributed by atoms with Gasteiger partial charge in [-0.05, 0) is 68.1 Å². The number of carbonyl (C=O) groups is 3. The smallest absolute Gasteiger partial charge is 0.306 e.